The summed E-state index contributed by atoms with van der Waals surface area (Å²) in [4.78, 5) is 11.3. The van der Waals surface area contributed by atoms with Crippen molar-refractivity contribution in [2.24, 2.45) is 5.92 Å². The first-order chi connectivity index (χ1) is 12.1. The van der Waals surface area contributed by atoms with E-state index in [1.165, 1.54) is 0 Å². The summed E-state index contributed by atoms with van der Waals surface area (Å²) >= 11 is 6.11. The minimum absolute atomic E-state index is 0.190. The maximum atomic E-state index is 6.11. The number of halogens is 1. The molecule has 4 rings (SSSR count). The molecule has 0 saturated carbocycles. The van der Waals surface area contributed by atoms with Crippen LogP contribution in [-0.2, 0) is 6.54 Å². The standard InChI is InChI=1S/C18H21ClN6/c1-12(2)9-24-11-22-23-18(24)16-4-3-7-25(16)17-14-6-5-13(19)8-15(14)20-10-21-17/h5-6,8,10-12,16H,3-4,7,9H2,1-2H3. The van der Waals surface area contributed by atoms with Crippen LogP contribution in [-0.4, -0.2) is 31.3 Å². The molecule has 7 heteroatoms. The highest BCUT2D eigenvalue weighted by molar-refractivity contribution is 6.31. The van der Waals surface area contributed by atoms with E-state index in [2.05, 4.69) is 43.5 Å². The summed E-state index contributed by atoms with van der Waals surface area (Å²) in [5.41, 5.74) is 0.867. The van der Waals surface area contributed by atoms with Crippen LogP contribution in [0.3, 0.4) is 0 Å². The van der Waals surface area contributed by atoms with Gasteiger partial charge in [-0.1, -0.05) is 25.4 Å². The largest absolute Gasteiger partial charge is 0.346 e. The van der Waals surface area contributed by atoms with Crippen LogP contribution in [0, 0.1) is 5.92 Å². The molecule has 0 bridgehead atoms. The van der Waals surface area contributed by atoms with E-state index in [4.69, 9.17) is 11.6 Å². The quantitative estimate of drug-likeness (QED) is 0.710. The van der Waals surface area contributed by atoms with Gasteiger partial charge in [0.1, 0.15) is 18.5 Å². The lowest BCUT2D eigenvalue weighted by molar-refractivity contribution is 0.487. The SMILES string of the molecule is CC(C)Cn1cnnc1C1CCCN1c1ncnc2cc(Cl)ccc12. The molecule has 3 heterocycles. The fraction of sp³-hybridized carbons (Fsp3) is 0.444. The van der Waals surface area contributed by atoms with Gasteiger partial charge in [0.15, 0.2) is 5.82 Å². The molecule has 25 heavy (non-hydrogen) atoms. The van der Waals surface area contributed by atoms with Crippen LogP contribution in [0.1, 0.15) is 38.6 Å². The summed E-state index contributed by atoms with van der Waals surface area (Å²) in [5.74, 6) is 2.52. The summed E-state index contributed by atoms with van der Waals surface area (Å²) in [6, 6.07) is 5.97. The summed E-state index contributed by atoms with van der Waals surface area (Å²) in [6.45, 7) is 6.29. The Morgan fingerprint density at radius 2 is 2.16 bits per heavy atom. The van der Waals surface area contributed by atoms with Crippen LogP contribution >= 0.6 is 11.6 Å². The Morgan fingerprint density at radius 1 is 1.28 bits per heavy atom. The zero-order chi connectivity index (χ0) is 17.4. The van der Waals surface area contributed by atoms with Crippen LogP contribution in [0.25, 0.3) is 10.9 Å². The first-order valence-corrected chi connectivity index (χ1v) is 9.06. The van der Waals surface area contributed by atoms with Crippen molar-refractivity contribution in [1.29, 1.82) is 0 Å². The van der Waals surface area contributed by atoms with Gasteiger partial charge in [0.05, 0.1) is 11.6 Å². The molecule has 1 aromatic carbocycles. The monoisotopic (exact) mass is 356 g/mol. The molecule has 0 spiro atoms. The average molecular weight is 357 g/mol. The van der Waals surface area contributed by atoms with Gasteiger partial charge in [-0.2, -0.15) is 0 Å². The zero-order valence-corrected chi connectivity index (χ0v) is 15.2. The zero-order valence-electron chi connectivity index (χ0n) is 14.4. The fourth-order valence-electron chi connectivity index (χ4n) is 3.59. The van der Waals surface area contributed by atoms with Crippen molar-refractivity contribution in [2.45, 2.75) is 39.3 Å². The Kier molecular flexibility index (Phi) is 4.29. The second-order valence-electron chi connectivity index (χ2n) is 6.95. The summed E-state index contributed by atoms with van der Waals surface area (Å²) in [5, 5.41) is 10.3. The molecule has 1 fully saturated rings. The van der Waals surface area contributed by atoms with Gasteiger partial charge >= 0.3 is 0 Å². The minimum Gasteiger partial charge on any atom is -0.346 e. The van der Waals surface area contributed by atoms with Crippen LogP contribution in [0.5, 0.6) is 0 Å². The second kappa shape index (κ2) is 6.59. The second-order valence-corrected chi connectivity index (χ2v) is 7.38. The predicted molar refractivity (Wildman–Crippen MR) is 98.7 cm³/mol. The van der Waals surface area contributed by atoms with Crippen molar-refractivity contribution in [2.75, 3.05) is 11.4 Å². The van der Waals surface area contributed by atoms with E-state index in [1.807, 2.05) is 24.5 Å². The summed E-state index contributed by atoms with van der Waals surface area (Å²) < 4.78 is 2.17. The number of aromatic nitrogens is 5. The molecule has 1 atom stereocenters. The maximum Gasteiger partial charge on any atom is 0.155 e. The Labute approximate surface area is 151 Å². The van der Waals surface area contributed by atoms with Gasteiger partial charge in [-0.3, -0.25) is 0 Å². The first kappa shape index (κ1) is 16.3. The maximum absolute atomic E-state index is 6.11. The highest BCUT2D eigenvalue weighted by Crippen LogP contribution is 2.37. The number of rotatable bonds is 4. The lowest BCUT2D eigenvalue weighted by Gasteiger charge is -2.26. The van der Waals surface area contributed by atoms with Crippen molar-refractivity contribution >= 4 is 28.3 Å². The Bertz CT molecular complexity index is 890. The number of hydrogen-bond acceptors (Lipinski definition) is 5. The Balaban J connectivity index is 1.75. The molecule has 1 aliphatic rings. The molecule has 1 unspecified atom stereocenters. The van der Waals surface area contributed by atoms with E-state index < -0.39 is 0 Å². The average Bonchev–Trinajstić information content (AvgIpc) is 3.22. The molecule has 0 N–H and O–H groups in total. The number of benzene rings is 1. The van der Waals surface area contributed by atoms with Crippen LogP contribution in [0.2, 0.25) is 5.02 Å². The van der Waals surface area contributed by atoms with E-state index in [0.717, 1.165) is 48.5 Å². The van der Waals surface area contributed by atoms with Crippen LogP contribution in [0.4, 0.5) is 5.82 Å². The van der Waals surface area contributed by atoms with E-state index in [1.54, 1.807) is 6.33 Å². The summed E-state index contributed by atoms with van der Waals surface area (Å²) in [7, 11) is 0. The third-order valence-corrected chi connectivity index (χ3v) is 4.84. The number of hydrogen-bond donors (Lipinski definition) is 0. The van der Waals surface area contributed by atoms with Crippen molar-refractivity contribution in [3.63, 3.8) is 0 Å². The highest BCUT2D eigenvalue weighted by Gasteiger charge is 2.32. The van der Waals surface area contributed by atoms with E-state index >= 15 is 0 Å². The fourth-order valence-corrected chi connectivity index (χ4v) is 3.76. The smallest absolute Gasteiger partial charge is 0.155 e. The van der Waals surface area contributed by atoms with E-state index in [9.17, 15) is 0 Å². The molecular formula is C18H21ClN6. The van der Waals surface area contributed by atoms with Crippen LogP contribution < -0.4 is 4.90 Å². The number of nitrogens with zero attached hydrogens (tertiary/aromatic N) is 6. The van der Waals surface area contributed by atoms with Gasteiger partial charge in [-0.05, 0) is 37.0 Å². The molecule has 3 aromatic rings. The lowest BCUT2D eigenvalue weighted by Crippen LogP contribution is -2.26. The van der Waals surface area contributed by atoms with E-state index in [-0.39, 0.29) is 6.04 Å². The Hall–Kier alpha value is -2.21. The third-order valence-electron chi connectivity index (χ3n) is 4.61. The molecule has 6 nitrogen and oxygen atoms in total. The Morgan fingerprint density at radius 3 is 3.00 bits per heavy atom. The normalized spacial score (nSPS) is 17.8. The first-order valence-electron chi connectivity index (χ1n) is 8.68. The van der Waals surface area contributed by atoms with Gasteiger partial charge < -0.3 is 9.47 Å². The van der Waals surface area contributed by atoms with Crippen LogP contribution in [0.15, 0.2) is 30.9 Å². The van der Waals surface area contributed by atoms with Gasteiger partial charge in [-0.25, -0.2) is 9.97 Å². The molecular weight excluding hydrogens is 336 g/mol. The number of fused-ring (bicyclic) bond motifs is 1. The number of anilines is 1. The van der Waals surface area contributed by atoms with Gasteiger partial charge in [0.2, 0.25) is 0 Å². The van der Waals surface area contributed by atoms with Crippen molar-refractivity contribution in [1.82, 2.24) is 24.7 Å². The predicted octanol–water partition coefficient (Wildman–Crippen LogP) is 3.87. The van der Waals surface area contributed by atoms with Crippen molar-refractivity contribution in [3.05, 3.63) is 41.7 Å². The van der Waals surface area contributed by atoms with Gasteiger partial charge in [0.25, 0.3) is 0 Å². The molecule has 0 amide bonds. The van der Waals surface area contributed by atoms with Crippen molar-refractivity contribution < 1.29 is 0 Å². The van der Waals surface area contributed by atoms with E-state index in [0.29, 0.717) is 10.9 Å². The molecule has 0 aliphatic carbocycles. The molecule has 130 valence electrons. The minimum atomic E-state index is 0.190. The molecule has 1 saturated heterocycles. The van der Waals surface area contributed by atoms with Gasteiger partial charge in [0, 0.05) is 23.5 Å². The molecule has 1 aliphatic heterocycles. The molecule has 2 aromatic heterocycles. The highest BCUT2D eigenvalue weighted by atomic mass is 35.5. The van der Waals surface area contributed by atoms with Crippen molar-refractivity contribution in [3.8, 4) is 0 Å². The topological polar surface area (TPSA) is 59.7 Å². The van der Waals surface area contributed by atoms with Gasteiger partial charge in [-0.15, -0.1) is 10.2 Å². The molecule has 0 radical (unpaired) electrons. The lowest BCUT2D eigenvalue weighted by atomic mass is 10.1. The third kappa shape index (κ3) is 3.06. The summed E-state index contributed by atoms with van der Waals surface area (Å²) in [6.07, 6.45) is 5.61.